The molecule has 2 amide bonds. The van der Waals surface area contributed by atoms with Crippen LogP contribution in [0.25, 0.3) is 0 Å². The van der Waals surface area contributed by atoms with Crippen molar-refractivity contribution in [3.8, 4) is 5.75 Å². The van der Waals surface area contributed by atoms with Crippen LogP contribution >= 0.6 is 11.6 Å². The summed E-state index contributed by atoms with van der Waals surface area (Å²) in [7, 11) is 1.55. The Hall–Kier alpha value is -2.92. The predicted molar refractivity (Wildman–Crippen MR) is 113 cm³/mol. The molecule has 0 bridgehead atoms. The molecule has 0 aliphatic rings. The summed E-state index contributed by atoms with van der Waals surface area (Å²) < 4.78 is 7.39. The Morgan fingerprint density at radius 1 is 1.14 bits per heavy atom. The van der Waals surface area contributed by atoms with Crippen LogP contribution in [0.1, 0.15) is 22.4 Å². The van der Waals surface area contributed by atoms with Gasteiger partial charge < -0.3 is 19.9 Å². The van der Waals surface area contributed by atoms with Gasteiger partial charge >= 0.3 is 6.03 Å². The molecule has 3 rings (SSSR count). The number of hydrogen-bond donors (Lipinski definition) is 2. The van der Waals surface area contributed by atoms with Crippen molar-refractivity contribution in [1.82, 2.24) is 9.88 Å². The van der Waals surface area contributed by atoms with Gasteiger partial charge in [-0.25, -0.2) is 4.79 Å². The van der Waals surface area contributed by atoms with Crippen molar-refractivity contribution in [2.75, 3.05) is 12.4 Å². The van der Waals surface area contributed by atoms with Crippen LogP contribution in [-0.4, -0.2) is 17.7 Å². The minimum absolute atomic E-state index is 0.319. The molecule has 0 spiro atoms. The number of benzene rings is 2. The summed E-state index contributed by atoms with van der Waals surface area (Å²) in [6.07, 6.45) is 2.02. The third-order valence-electron chi connectivity index (χ3n) is 4.61. The Morgan fingerprint density at radius 2 is 1.96 bits per heavy atom. The van der Waals surface area contributed by atoms with E-state index in [0.717, 1.165) is 12.2 Å². The molecule has 5 nitrogen and oxygen atoms in total. The smallest absolute Gasteiger partial charge is 0.319 e. The summed E-state index contributed by atoms with van der Waals surface area (Å²) in [6, 6.07) is 15.2. The molecule has 146 valence electrons. The molecule has 0 unspecified atom stereocenters. The SMILES string of the molecule is COc1ccc(Cl)cc1NC(=O)NCc1cccn1Cc1cc(C)ccc1C. The maximum atomic E-state index is 12.3. The zero-order valence-corrected chi connectivity index (χ0v) is 17.0. The Morgan fingerprint density at radius 3 is 2.75 bits per heavy atom. The van der Waals surface area contributed by atoms with Crippen LogP contribution in [0.5, 0.6) is 5.75 Å². The van der Waals surface area contributed by atoms with E-state index in [4.69, 9.17) is 16.3 Å². The number of amides is 2. The van der Waals surface area contributed by atoms with Crippen molar-refractivity contribution in [3.05, 3.63) is 82.1 Å². The van der Waals surface area contributed by atoms with Crippen molar-refractivity contribution in [2.24, 2.45) is 0 Å². The van der Waals surface area contributed by atoms with E-state index in [-0.39, 0.29) is 6.03 Å². The summed E-state index contributed by atoms with van der Waals surface area (Å²) in [4.78, 5) is 12.3. The van der Waals surface area contributed by atoms with E-state index in [9.17, 15) is 4.79 Å². The standard InChI is InChI=1S/C22H24ClN3O2/c1-15-6-7-16(2)17(11-15)14-26-10-4-5-19(26)13-24-22(27)25-20-12-18(23)8-9-21(20)28-3/h4-12H,13-14H2,1-3H3,(H2,24,25,27). The Kier molecular flexibility index (Phi) is 6.26. The second-order valence-electron chi connectivity index (χ2n) is 6.71. The normalized spacial score (nSPS) is 10.6. The molecule has 0 aliphatic carbocycles. The number of carbonyl (C=O) groups excluding carboxylic acids is 1. The van der Waals surface area contributed by atoms with Crippen LogP contribution in [0.2, 0.25) is 5.02 Å². The highest BCUT2D eigenvalue weighted by atomic mass is 35.5. The Labute approximate surface area is 170 Å². The van der Waals surface area contributed by atoms with Crippen LogP contribution in [0.3, 0.4) is 0 Å². The van der Waals surface area contributed by atoms with Gasteiger partial charge in [0.05, 0.1) is 19.3 Å². The van der Waals surface area contributed by atoms with E-state index in [1.165, 1.54) is 16.7 Å². The molecule has 0 atom stereocenters. The van der Waals surface area contributed by atoms with Gasteiger partial charge in [-0.2, -0.15) is 0 Å². The molecular weight excluding hydrogens is 374 g/mol. The number of anilines is 1. The van der Waals surface area contributed by atoms with Gasteiger partial charge in [-0.1, -0.05) is 35.4 Å². The summed E-state index contributed by atoms with van der Waals surface area (Å²) in [5, 5.41) is 6.20. The fourth-order valence-electron chi connectivity index (χ4n) is 3.03. The molecule has 2 N–H and O–H groups in total. The first-order valence-corrected chi connectivity index (χ1v) is 9.42. The lowest BCUT2D eigenvalue weighted by Crippen LogP contribution is -2.29. The monoisotopic (exact) mass is 397 g/mol. The third-order valence-corrected chi connectivity index (χ3v) is 4.84. The second kappa shape index (κ2) is 8.85. The van der Waals surface area contributed by atoms with Crippen molar-refractivity contribution < 1.29 is 9.53 Å². The maximum absolute atomic E-state index is 12.3. The number of urea groups is 1. The fourth-order valence-corrected chi connectivity index (χ4v) is 3.21. The van der Waals surface area contributed by atoms with Crippen LogP contribution < -0.4 is 15.4 Å². The number of nitrogens with one attached hydrogen (secondary N) is 2. The van der Waals surface area contributed by atoms with Crippen LogP contribution in [0, 0.1) is 13.8 Å². The van der Waals surface area contributed by atoms with Crippen LogP contribution in [-0.2, 0) is 13.1 Å². The number of aromatic nitrogens is 1. The van der Waals surface area contributed by atoms with Crippen LogP contribution in [0.15, 0.2) is 54.7 Å². The minimum atomic E-state index is -0.319. The average molecular weight is 398 g/mol. The van der Waals surface area contributed by atoms with Crippen molar-refractivity contribution in [1.29, 1.82) is 0 Å². The Balaban J connectivity index is 1.64. The largest absolute Gasteiger partial charge is 0.495 e. The quantitative estimate of drug-likeness (QED) is 0.605. The topological polar surface area (TPSA) is 55.3 Å². The lowest BCUT2D eigenvalue weighted by atomic mass is 10.1. The summed E-state index contributed by atoms with van der Waals surface area (Å²) in [5.74, 6) is 0.554. The van der Waals surface area contributed by atoms with E-state index in [0.29, 0.717) is 23.0 Å². The first-order valence-electron chi connectivity index (χ1n) is 9.05. The first-order chi connectivity index (χ1) is 13.5. The van der Waals surface area contributed by atoms with Gasteiger partial charge in [0.15, 0.2) is 0 Å². The zero-order valence-electron chi connectivity index (χ0n) is 16.3. The molecule has 0 radical (unpaired) electrons. The molecule has 0 saturated heterocycles. The van der Waals surface area contributed by atoms with Gasteiger partial charge in [0.2, 0.25) is 0 Å². The molecule has 1 heterocycles. The van der Waals surface area contributed by atoms with E-state index in [1.807, 2.05) is 18.3 Å². The van der Waals surface area contributed by atoms with E-state index < -0.39 is 0 Å². The van der Waals surface area contributed by atoms with Gasteiger partial charge in [0.1, 0.15) is 5.75 Å². The second-order valence-corrected chi connectivity index (χ2v) is 7.15. The zero-order chi connectivity index (χ0) is 20.1. The number of rotatable bonds is 6. The molecule has 0 saturated carbocycles. The van der Waals surface area contributed by atoms with Crippen molar-refractivity contribution >= 4 is 23.3 Å². The lowest BCUT2D eigenvalue weighted by molar-refractivity contribution is 0.251. The lowest BCUT2D eigenvalue weighted by Gasteiger charge is -2.14. The number of carbonyl (C=O) groups is 1. The number of ether oxygens (including phenoxy) is 1. The van der Waals surface area contributed by atoms with E-state index >= 15 is 0 Å². The molecule has 0 aliphatic heterocycles. The highest BCUT2D eigenvalue weighted by Crippen LogP contribution is 2.27. The van der Waals surface area contributed by atoms with Crippen molar-refractivity contribution in [2.45, 2.75) is 26.9 Å². The van der Waals surface area contributed by atoms with E-state index in [2.05, 4.69) is 47.2 Å². The summed E-state index contributed by atoms with van der Waals surface area (Å²) in [5.41, 5.74) is 5.31. The van der Waals surface area contributed by atoms with Crippen molar-refractivity contribution in [3.63, 3.8) is 0 Å². The Bertz CT molecular complexity index is 982. The molecule has 28 heavy (non-hydrogen) atoms. The van der Waals surface area contributed by atoms with Gasteiger partial charge in [-0.05, 0) is 55.3 Å². The van der Waals surface area contributed by atoms with E-state index in [1.54, 1.807) is 25.3 Å². The molecule has 6 heteroatoms. The molecule has 1 aromatic heterocycles. The fraction of sp³-hybridized carbons (Fsp3) is 0.227. The maximum Gasteiger partial charge on any atom is 0.319 e. The summed E-state index contributed by atoms with van der Waals surface area (Å²) in [6.45, 7) is 5.38. The average Bonchev–Trinajstić information content (AvgIpc) is 3.10. The minimum Gasteiger partial charge on any atom is -0.495 e. The number of nitrogens with zero attached hydrogens (tertiary/aromatic N) is 1. The third kappa shape index (κ3) is 4.87. The highest BCUT2D eigenvalue weighted by molar-refractivity contribution is 6.31. The van der Waals surface area contributed by atoms with Gasteiger partial charge in [-0.15, -0.1) is 0 Å². The molecule has 3 aromatic rings. The molecule has 2 aromatic carbocycles. The van der Waals surface area contributed by atoms with Crippen LogP contribution in [0.4, 0.5) is 10.5 Å². The van der Waals surface area contributed by atoms with Gasteiger partial charge in [-0.3, -0.25) is 0 Å². The molecule has 0 fully saturated rings. The number of methoxy groups -OCH3 is 1. The number of hydrogen-bond acceptors (Lipinski definition) is 2. The number of halogens is 1. The highest BCUT2D eigenvalue weighted by Gasteiger charge is 2.10. The van der Waals surface area contributed by atoms with Gasteiger partial charge in [0, 0.05) is 23.5 Å². The first kappa shape index (κ1) is 19.8. The van der Waals surface area contributed by atoms with Gasteiger partial charge in [0.25, 0.3) is 0 Å². The summed E-state index contributed by atoms with van der Waals surface area (Å²) >= 11 is 6.01. The molecular formula is C22H24ClN3O2. The predicted octanol–water partition coefficient (Wildman–Crippen LogP) is 5.14. The number of aryl methyl sites for hydroxylation is 2.